The zero-order valence-electron chi connectivity index (χ0n) is 54.8. The van der Waals surface area contributed by atoms with E-state index in [1.165, 1.54) is 69.5 Å². The van der Waals surface area contributed by atoms with Gasteiger partial charge in [-0.05, 0) is 186 Å². The van der Waals surface area contributed by atoms with Gasteiger partial charge in [-0.3, -0.25) is 19.2 Å². The van der Waals surface area contributed by atoms with Gasteiger partial charge in [0.2, 0.25) is 11.6 Å². The molecule has 0 saturated heterocycles. The summed E-state index contributed by atoms with van der Waals surface area (Å²) in [5, 5.41) is 10.7. The highest BCUT2D eigenvalue weighted by molar-refractivity contribution is 6.74. The van der Waals surface area contributed by atoms with Gasteiger partial charge in [0, 0.05) is 35.8 Å². The molecule has 6 nitrogen and oxygen atoms in total. The number of carbonyl (C=O) groups is 4. The lowest BCUT2D eigenvalue weighted by atomic mass is 9.69. The molecule has 0 radical (unpaired) electrons. The standard InChI is InChI=1S/C41H58O3Si.C35H44O3/c1-14-41(15-2,35-23-24-36(29(4)27-35)32-16-18-33(19-17-32)38(43)30(5)42)34-22-20-31(28(3)26-34)21-25-37(39(6,7)8)44-45(12,13)40(9,10)11;1-9-35(10-2,29-17-15-26(23(3)21-29)16-20-32(37)34(6,7)8)30-18-19-31(24(4)22-30)27-11-13-28(14-12-27)33(38)25(5)36/h16-20,22-24,26-27,37H,14-15,21,25H2,1-13H3;11-15,17-19,21-22,32,37H,9-10,16,20H2,1-8H3. The number of hydrogen-bond acceptors (Lipinski definition) is 6. The predicted molar refractivity (Wildman–Crippen MR) is 352 cm³/mol. The van der Waals surface area contributed by atoms with Crippen LogP contribution in [0.5, 0.6) is 0 Å². The van der Waals surface area contributed by atoms with Gasteiger partial charge in [0.25, 0.3) is 0 Å². The van der Waals surface area contributed by atoms with E-state index in [-0.39, 0.29) is 38.9 Å². The molecule has 7 heteroatoms. The Morgan fingerprint density at radius 2 is 0.783 bits per heavy atom. The molecule has 83 heavy (non-hydrogen) atoms. The summed E-state index contributed by atoms with van der Waals surface area (Å²) in [7, 11) is -1.88. The number of ketones is 4. The molecule has 0 aromatic heterocycles. The highest BCUT2D eigenvalue weighted by atomic mass is 28.4. The van der Waals surface area contributed by atoms with Crippen molar-refractivity contribution in [2.45, 2.75) is 224 Å². The molecule has 0 bridgehead atoms. The van der Waals surface area contributed by atoms with Crippen molar-refractivity contribution in [3.8, 4) is 22.3 Å². The second-order valence-electron chi connectivity index (χ2n) is 27.5. The molecule has 0 saturated carbocycles. The summed E-state index contributed by atoms with van der Waals surface area (Å²) >= 11 is 0. The van der Waals surface area contributed by atoms with Crippen molar-refractivity contribution in [3.05, 3.63) is 188 Å². The number of hydrogen-bond donors (Lipinski definition) is 1. The van der Waals surface area contributed by atoms with E-state index in [0.29, 0.717) is 11.1 Å². The van der Waals surface area contributed by atoms with Gasteiger partial charge < -0.3 is 9.53 Å². The Morgan fingerprint density at radius 3 is 1.06 bits per heavy atom. The number of aliphatic hydroxyl groups excluding tert-OH is 1. The maximum atomic E-state index is 12.1. The molecule has 0 heterocycles. The molecule has 2 unspecified atom stereocenters. The molecule has 6 rings (SSSR count). The Morgan fingerprint density at radius 1 is 0.458 bits per heavy atom. The molecular weight excluding hydrogens is 1040 g/mol. The first-order valence-corrected chi connectivity index (χ1v) is 33.6. The lowest BCUT2D eigenvalue weighted by Gasteiger charge is -2.43. The van der Waals surface area contributed by atoms with E-state index in [1.54, 1.807) is 24.3 Å². The third kappa shape index (κ3) is 15.9. The van der Waals surface area contributed by atoms with Gasteiger partial charge in [0.15, 0.2) is 19.9 Å². The molecule has 446 valence electrons. The van der Waals surface area contributed by atoms with Gasteiger partial charge in [0.1, 0.15) is 0 Å². The average Bonchev–Trinajstić information content (AvgIpc) is 3.58. The lowest BCUT2D eigenvalue weighted by Crippen LogP contribution is -2.47. The largest absolute Gasteiger partial charge is 0.413 e. The third-order valence-electron chi connectivity index (χ3n) is 18.9. The lowest BCUT2D eigenvalue weighted by molar-refractivity contribution is -0.113. The van der Waals surface area contributed by atoms with Crippen LogP contribution in [0.3, 0.4) is 0 Å². The summed E-state index contributed by atoms with van der Waals surface area (Å²) in [5.74, 6) is -1.78. The molecule has 0 aliphatic heterocycles. The fourth-order valence-corrected chi connectivity index (χ4v) is 13.3. The highest BCUT2D eigenvalue weighted by Gasteiger charge is 2.42. The van der Waals surface area contributed by atoms with Gasteiger partial charge in [0.05, 0.1) is 12.2 Å². The number of Topliss-reactive ketones (excluding diaryl/α,β-unsaturated/α-hetero) is 4. The molecular formula is C76H102O6Si. The van der Waals surface area contributed by atoms with E-state index in [4.69, 9.17) is 4.43 Å². The topological polar surface area (TPSA) is 97.7 Å². The molecule has 2 atom stereocenters. The van der Waals surface area contributed by atoms with E-state index in [0.717, 1.165) is 73.6 Å². The van der Waals surface area contributed by atoms with Crippen molar-refractivity contribution in [2.75, 3.05) is 0 Å². The second kappa shape index (κ2) is 27.4. The van der Waals surface area contributed by atoms with Crippen LogP contribution >= 0.6 is 0 Å². The maximum Gasteiger partial charge on any atom is 0.228 e. The van der Waals surface area contributed by atoms with Crippen molar-refractivity contribution >= 4 is 31.5 Å². The summed E-state index contributed by atoms with van der Waals surface area (Å²) < 4.78 is 6.99. The smallest absolute Gasteiger partial charge is 0.228 e. The van der Waals surface area contributed by atoms with Crippen molar-refractivity contribution in [3.63, 3.8) is 0 Å². The van der Waals surface area contributed by atoms with E-state index < -0.39 is 31.5 Å². The fraction of sp³-hybridized carbons (Fsp3) is 0.474. The molecule has 6 aromatic carbocycles. The monoisotopic (exact) mass is 1140 g/mol. The van der Waals surface area contributed by atoms with Crippen LogP contribution in [0.2, 0.25) is 18.1 Å². The van der Waals surface area contributed by atoms with Crippen molar-refractivity contribution < 1.29 is 28.7 Å². The zero-order chi connectivity index (χ0) is 62.2. The van der Waals surface area contributed by atoms with Crippen LogP contribution in [-0.2, 0) is 37.7 Å². The molecule has 6 aromatic rings. The van der Waals surface area contributed by atoms with Crippen molar-refractivity contribution in [1.29, 1.82) is 0 Å². The predicted octanol–water partition coefficient (Wildman–Crippen LogP) is 19.4. The van der Waals surface area contributed by atoms with E-state index >= 15 is 0 Å². The molecule has 0 aliphatic carbocycles. The van der Waals surface area contributed by atoms with E-state index in [1.807, 2.05) is 24.3 Å². The number of carbonyl (C=O) groups excluding carboxylic acids is 4. The van der Waals surface area contributed by atoms with Crippen LogP contribution in [0.1, 0.15) is 219 Å². The van der Waals surface area contributed by atoms with Crippen molar-refractivity contribution in [1.82, 2.24) is 0 Å². The highest BCUT2D eigenvalue weighted by Crippen LogP contribution is 2.45. The fourth-order valence-electron chi connectivity index (χ4n) is 11.8. The molecule has 0 spiro atoms. The summed E-state index contributed by atoms with van der Waals surface area (Å²) in [5.41, 5.74) is 18.1. The Balaban J connectivity index is 0.000000308. The minimum Gasteiger partial charge on any atom is -0.413 e. The number of rotatable bonds is 22. The minimum atomic E-state index is -1.88. The Bertz CT molecular complexity index is 3220. The summed E-state index contributed by atoms with van der Waals surface area (Å²) in [6.07, 6.45) is 7.57. The number of aliphatic hydroxyl groups is 1. The molecule has 0 fully saturated rings. The first kappa shape index (κ1) is 67.9. The quantitative estimate of drug-likeness (QED) is 0.0413. The number of aryl methyl sites for hydroxylation is 6. The van der Waals surface area contributed by atoms with Gasteiger partial charge in [-0.2, -0.15) is 0 Å². The first-order valence-electron chi connectivity index (χ1n) is 30.7. The Labute approximate surface area is 502 Å². The van der Waals surface area contributed by atoms with Gasteiger partial charge in [-0.25, -0.2) is 0 Å². The minimum absolute atomic E-state index is 0.0796. The third-order valence-corrected chi connectivity index (χ3v) is 23.4. The maximum absolute atomic E-state index is 12.1. The van der Waals surface area contributed by atoms with Gasteiger partial charge >= 0.3 is 0 Å². The second-order valence-corrected chi connectivity index (χ2v) is 32.3. The van der Waals surface area contributed by atoms with Crippen LogP contribution in [0.4, 0.5) is 0 Å². The zero-order valence-corrected chi connectivity index (χ0v) is 55.8. The van der Waals surface area contributed by atoms with E-state index in [2.05, 4.69) is 204 Å². The Hall–Kier alpha value is -5.86. The summed E-state index contributed by atoms with van der Waals surface area (Å²) in [6.45, 7) is 45.4. The summed E-state index contributed by atoms with van der Waals surface area (Å²) in [4.78, 5) is 47.0. The SMILES string of the molecule is CCC(CC)(c1ccc(CCC(O)C(C)(C)C)c(C)c1)c1ccc(-c2ccc(C(=O)C(C)=O)cc2)c(C)c1.CCC(CC)(c1ccc(CCC(O[Si](C)(C)C(C)(C)C)C(C)(C)C)c(C)c1)c1ccc(-c2ccc(C(=O)C(C)=O)cc2)c(C)c1. The Kier molecular flexibility index (Phi) is 22.5. The van der Waals surface area contributed by atoms with Crippen LogP contribution < -0.4 is 0 Å². The van der Waals surface area contributed by atoms with Crippen LogP contribution in [-0.4, -0.2) is 48.8 Å². The molecule has 0 aliphatic rings. The molecule has 0 amide bonds. The van der Waals surface area contributed by atoms with Crippen molar-refractivity contribution in [2.24, 2.45) is 10.8 Å². The van der Waals surface area contributed by atoms with Gasteiger partial charge in [-0.15, -0.1) is 0 Å². The van der Waals surface area contributed by atoms with Gasteiger partial charge in [-0.1, -0.05) is 211 Å². The van der Waals surface area contributed by atoms with Crippen LogP contribution in [0.25, 0.3) is 22.3 Å². The van der Waals surface area contributed by atoms with E-state index in [9.17, 15) is 24.3 Å². The first-order chi connectivity index (χ1) is 38.6. The van der Waals surface area contributed by atoms with Crippen LogP contribution in [0, 0.1) is 38.5 Å². The normalized spacial score (nSPS) is 13.2. The molecule has 1 N–H and O–H groups in total. The van der Waals surface area contributed by atoms with Crippen LogP contribution in [0.15, 0.2) is 121 Å². The number of benzene rings is 6. The summed E-state index contributed by atoms with van der Waals surface area (Å²) in [6, 6.07) is 42.3. The average molecular weight is 1140 g/mol.